The van der Waals surface area contributed by atoms with E-state index in [0.29, 0.717) is 22.8 Å². The summed E-state index contributed by atoms with van der Waals surface area (Å²) in [6.45, 7) is 1.92. The highest BCUT2D eigenvalue weighted by molar-refractivity contribution is 5.92. The third-order valence-corrected chi connectivity index (χ3v) is 4.32. The van der Waals surface area contributed by atoms with E-state index in [9.17, 15) is 9.90 Å². The van der Waals surface area contributed by atoms with Crippen molar-refractivity contribution < 1.29 is 28.8 Å². The van der Waals surface area contributed by atoms with Crippen LogP contribution in [-0.4, -0.2) is 31.9 Å². The number of hydrogen-bond acceptors (Lipinski definition) is 7. The number of aromatic hydroxyl groups is 1. The molecule has 142 valence electrons. The van der Waals surface area contributed by atoms with E-state index in [-0.39, 0.29) is 23.8 Å². The van der Waals surface area contributed by atoms with Gasteiger partial charge < -0.3 is 29.8 Å². The summed E-state index contributed by atoms with van der Waals surface area (Å²) in [7, 11) is 3.08. The second kappa shape index (κ2) is 7.49. The number of rotatable bonds is 5. The SMILES string of the molecule is CCOC(=O)C1=C(N)Oc2cc(O)ccc2[C@H]1c1ccc(OC)c(OC)c1. The van der Waals surface area contributed by atoms with E-state index in [2.05, 4.69) is 0 Å². The van der Waals surface area contributed by atoms with Gasteiger partial charge >= 0.3 is 5.97 Å². The van der Waals surface area contributed by atoms with Crippen LogP contribution >= 0.6 is 0 Å². The van der Waals surface area contributed by atoms with Crippen LogP contribution in [0.4, 0.5) is 0 Å². The Hall–Kier alpha value is -3.35. The average molecular weight is 371 g/mol. The molecule has 0 bridgehead atoms. The van der Waals surface area contributed by atoms with Crippen molar-refractivity contribution in [2.45, 2.75) is 12.8 Å². The van der Waals surface area contributed by atoms with Crippen molar-refractivity contribution in [3.05, 3.63) is 59.0 Å². The van der Waals surface area contributed by atoms with E-state index < -0.39 is 11.9 Å². The topological polar surface area (TPSA) is 100 Å². The van der Waals surface area contributed by atoms with Crippen LogP contribution in [0.1, 0.15) is 24.0 Å². The van der Waals surface area contributed by atoms with Gasteiger partial charge in [-0.15, -0.1) is 0 Å². The summed E-state index contributed by atoms with van der Waals surface area (Å²) in [4.78, 5) is 12.6. The third-order valence-electron chi connectivity index (χ3n) is 4.32. The second-order valence-electron chi connectivity index (χ2n) is 5.87. The zero-order chi connectivity index (χ0) is 19.6. The third kappa shape index (κ3) is 3.36. The largest absolute Gasteiger partial charge is 0.508 e. The first-order valence-electron chi connectivity index (χ1n) is 8.39. The van der Waals surface area contributed by atoms with Crippen molar-refractivity contribution >= 4 is 5.97 Å². The Labute approximate surface area is 156 Å². The molecule has 0 aliphatic carbocycles. The molecule has 0 saturated carbocycles. The number of esters is 1. The minimum absolute atomic E-state index is 0.0344. The molecule has 3 rings (SSSR count). The van der Waals surface area contributed by atoms with Crippen LogP contribution in [0.25, 0.3) is 0 Å². The van der Waals surface area contributed by atoms with Gasteiger partial charge in [0, 0.05) is 11.6 Å². The quantitative estimate of drug-likeness (QED) is 0.779. The van der Waals surface area contributed by atoms with Crippen LogP contribution in [0.15, 0.2) is 47.9 Å². The number of benzene rings is 2. The molecule has 0 unspecified atom stereocenters. The van der Waals surface area contributed by atoms with Gasteiger partial charge in [0.1, 0.15) is 17.1 Å². The fourth-order valence-electron chi connectivity index (χ4n) is 3.13. The summed E-state index contributed by atoms with van der Waals surface area (Å²) in [5.41, 5.74) is 7.67. The molecule has 1 heterocycles. The lowest BCUT2D eigenvalue weighted by atomic mass is 9.83. The van der Waals surface area contributed by atoms with Crippen molar-refractivity contribution in [3.63, 3.8) is 0 Å². The van der Waals surface area contributed by atoms with E-state index in [1.54, 1.807) is 32.2 Å². The lowest BCUT2D eigenvalue weighted by molar-refractivity contribution is -0.139. The standard InChI is InChI=1S/C20H21NO6/c1-4-26-20(23)18-17(11-5-8-14(24-2)16(9-11)25-3)13-7-6-12(22)10-15(13)27-19(18)21/h5-10,17,22H,4,21H2,1-3H3/t17-/m1/s1. The lowest BCUT2D eigenvalue weighted by Gasteiger charge is -2.28. The Morgan fingerprint density at radius 1 is 1.15 bits per heavy atom. The van der Waals surface area contributed by atoms with Crippen LogP contribution in [0.5, 0.6) is 23.0 Å². The molecule has 7 heteroatoms. The number of phenolic OH excluding ortho intramolecular Hbond substituents is 1. The maximum atomic E-state index is 12.6. The van der Waals surface area contributed by atoms with Gasteiger partial charge in [0.05, 0.1) is 26.7 Å². The first kappa shape index (κ1) is 18.4. The number of nitrogens with two attached hydrogens (primary N) is 1. The zero-order valence-electron chi connectivity index (χ0n) is 15.3. The summed E-state index contributed by atoms with van der Waals surface area (Å²) < 4.78 is 21.4. The predicted octanol–water partition coefficient (Wildman–Crippen LogP) is 2.67. The Morgan fingerprint density at radius 3 is 2.56 bits per heavy atom. The highest BCUT2D eigenvalue weighted by Gasteiger charge is 2.36. The van der Waals surface area contributed by atoms with Gasteiger partial charge in [-0.1, -0.05) is 12.1 Å². The molecule has 3 N–H and O–H groups in total. The van der Waals surface area contributed by atoms with Crippen molar-refractivity contribution in [2.75, 3.05) is 20.8 Å². The number of carbonyl (C=O) groups excluding carboxylic acids is 1. The summed E-state index contributed by atoms with van der Waals surface area (Å²) in [6, 6.07) is 10.0. The van der Waals surface area contributed by atoms with Crippen molar-refractivity contribution in [3.8, 4) is 23.0 Å². The molecule has 0 aromatic heterocycles. The minimum Gasteiger partial charge on any atom is -0.508 e. The van der Waals surface area contributed by atoms with E-state index >= 15 is 0 Å². The molecule has 0 amide bonds. The Morgan fingerprint density at radius 2 is 1.89 bits per heavy atom. The summed E-state index contributed by atoms with van der Waals surface area (Å²) in [6.07, 6.45) is 0. The van der Waals surface area contributed by atoms with Crippen molar-refractivity contribution in [1.82, 2.24) is 0 Å². The van der Waals surface area contributed by atoms with Gasteiger partial charge in [-0.2, -0.15) is 0 Å². The van der Waals surface area contributed by atoms with Gasteiger partial charge in [0.2, 0.25) is 5.88 Å². The molecule has 2 aromatic rings. The van der Waals surface area contributed by atoms with Crippen molar-refractivity contribution in [2.24, 2.45) is 5.73 Å². The Balaban J connectivity index is 2.20. The maximum absolute atomic E-state index is 12.6. The van der Waals surface area contributed by atoms with E-state index in [4.69, 9.17) is 24.7 Å². The van der Waals surface area contributed by atoms with E-state index in [1.807, 2.05) is 6.07 Å². The monoisotopic (exact) mass is 371 g/mol. The molecule has 0 radical (unpaired) electrons. The van der Waals surface area contributed by atoms with Gasteiger partial charge in [0.25, 0.3) is 0 Å². The van der Waals surface area contributed by atoms with Crippen LogP contribution < -0.4 is 19.9 Å². The van der Waals surface area contributed by atoms with E-state index in [1.165, 1.54) is 19.2 Å². The molecule has 0 saturated heterocycles. The number of carbonyl (C=O) groups is 1. The van der Waals surface area contributed by atoms with E-state index in [0.717, 1.165) is 5.56 Å². The molecular weight excluding hydrogens is 350 g/mol. The number of ether oxygens (including phenoxy) is 4. The molecule has 1 aliphatic heterocycles. The first-order chi connectivity index (χ1) is 13.0. The van der Waals surface area contributed by atoms with Gasteiger partial charge in [-0.3, -0.25) is 0 Å². The fourth-order valence-corrected chi connectivity index (χ4v) is 3.13. The lowest BCUT2D eigenvalue weighted by Crippen LogP contribution is -2.27. The van der Waals surface area contributed by atoms with Gasteiger partial charge in [0.15, 0.2) is 11.5 Å². The highest BCUT2D eigenvalue weighted by atomic mass is 16.5. The fraction of sp³-hybridized carbons (Fsp3) is 0.250. The molecular formula is C20H21NO6. The Bertz CT molecular complexity index is 905. The maximum Gasteiger partial charge on any atom is 0.340 e. The van der Waals surface area contributed by atoms with Crippen LogP contribution in [0.3, 0.4) is 0 Å². The number of fused-ring (bicyclic) bond motifs is 1. The van der Waals surface area contributed by atoms with Crippen LogP contribution in [-0.2, 0) is 9.53 Å². The highest BCUT2D eigenvalue weighted by Crippen LogP contribution is 2.45. The van der Waals surface area contributed by atoms with Gasteiger partial charge in [-0.25, -0.2) is 4.79 Å². The molecule has 1 aliphatic rings. The number of hydrogen-bond donors (Lipinski definition) is 2. The van der Waals surface area contributed by atoms with Crippen LogP contribution in [0.2, 0.25) is 0 Å². The molecule has 0 spiro atoms. The van der Waals surface area contributed by atoms with Crippen LogP contribution in [0, 0.1) is 0 Å². The smallest absolute Gasteiger partial charge is 0.340 e. The Kier molecular flexibility index (Phi) is 5.12. The van der Waals surface area contributed by atoms with Crippen molar-refractivity contribution in [1.29, 1.82) is 0 Å². The summed E-state index contributed by atoms with van der Waals surface area (Å²) in [5.74, 6) is 0.318. The molecule has 2 aromatic carbocycles. The average Bonchev–Trinajstić information content (AvgIpc) is 2.66. The molecule has 0 fully saturated rings. The molecule has 1 atom stereocenters. The van der Waals surface area contributed by atoms with Gasteiger partial charge in [-0.05, 0) is 30.7 Å². The summed E-state index contributed by atoms with van der Waals surface area (Å²) >= 11 is 0. The second-order valence-corrected chi connectivity index (χ2v) is 5.87. The minimum atomic E-state index is -0.562. The molecule has 7 nitrogen and oxygen atoms in total. The normalized spacial score (nSPS) is 15.6. The zero-order valence-corrected chi connectivity index (χ0v) is 15.3. The number of methoxy groups -OCH3 is 2. The first-order valence-corrected chi connectivity index (χ1v) is 8.39. The number of phenols is 1. The summed E-state index contributed by atoms with van der Waals surface area (Å²) in [5, 5.41) is 9.78. The predicted molar refractivity (Wildman–Crippen MR) is 98.0 cm³/mol. The molecule has 27 heavy (non-hydrogen) atoms.